The quantitative estimate of drug-likeness (QED) is 0.157. The van der Waals surface area contributed by atoms with Gasteiger partial charge in [0, 0.05) is 34.3 Å². The molecule has 10 heteroatoms. The van der Waals surface area contributed by atoms with Gasteiger partial charge in [-0.05, 0) is 24.6 Å². The lowest BCUT2D eigenvalue weighted by Gasteiger charge is -2.23. The van der Waals surface area contributed by atoms with Gasteiger partial charge in [0.15, 0.2) is 11.6 Å². The second-order valence-corrected chi connectivity index (χ2v) is 8.63. The zero-order chi connectivity index (χ0) is 22.0. The van der Waals surface area contributed by atoms with E-state index < -0.39 is 5.82 Å². The van der Waals surface area contributed by atoms with Gasteiger partial charge < -0.3 is 23.9 Å². The summed E-state index contributed by atoms with van der Waals surface area (Å²) in [6.45, 7) is 0.575. The van der Waals surface area contributed by atoms with Crippen LogP contribution in [0.2, 0.25) is 0 Å². The molecule has 4 rings (SSSR count). The van der Waals surface area contributed by atoms with Crippen molar-refractivity contribution in [3.63, 3.8) is 0 Å². The fourth-order valence-electron chi connectivity index (χ4n) is 3.81. The van der Waals surface area contributed by atoms with Crippen molar-refractivity contribution in [1.82, 2.24) is 15.3 Å². The normalized spacial score (nSPS) is 15.2. The van der Waals surface area contributed by atoms with Crippen molar-refractivity contribution in [2.75, 3.05) is 26.9 Å². The first-order valence-corrected chi connectivity index (χ1v) is 12.2. The molecule has 1 aromatic carbocycles. The molecule has 0 saturated carbocycles. The Labute approximate surface area is 206 Å². The number of rotatable bonds is 7. The fraction of sp³-hybridized carbons (Fsp3) is 0.238. The van der Waals surface area contributed by atoms with Gasteiger partial charge in [-0.3, -0.25) is 9.78 Å². The Morgan fingerprint density at radius 1 is 1.32 bits per heavy atom. The lowest BCUT2D eigenvalue weighted by atomic mass is 9.94. The number of nitrogens with zero attached hydrogens (tertiary/aromatic N) is 1. The maximum Gasteiger partial charge on any atom is 0.255 e. The Kier molecular flexibility index (Phi) is 6.84. The Hall–Kier alpha value is -2.09. The van der Waals surface area contributed by atoms with Crippen LogP contribution in [0, 0.1) is 5.82 Å². The number of para-hydroxylation sites is 1. The topological polar surface area (TPSA) is 91.1 Å². The molecular formula is C21H20FI2N5O2. The Morgan fingerprint density at radius 2 is 2.16 bits per heavy atom. The van der Waals surface area contributed by atoms with Gasteiger partial charge in [0.1, 0.15) is 0 Å². The minimum Gasteiger partial charge on any atom is -0.492 e. The van der Waals surface area contributed by atoms with Crippen LogP contribution in [0.25, 0.3) is 11.3 Å². The first-order valence-electron chi connectivity index (χ1n) is 9.59. The molecule has 3 aromatic rings. The van der Waals surface area contributed by atoms with E-state index in [0.29, 0.717) is 23.5 Å². The monoisotopic (exact) mass is 647 g/mol. The minimum atomic E-state index is -0.482. The van der Waals surface area contributed by atoms with Crippen LogP contribution in [0.4, 0.5) is 21.5 Å². The van der Waals surface area contributed by atoms with Gasteiger partial charge in [-0.25, -0.2) is 4.39 Å². The Bertz CT molecular complexity index is 1120. The number of halogens is 3. The zero-order valence-corrected chi connectivity index (χ0v) is 20.9. The van der Waals surface area contributed by atoms with Crippen molar-refractivity contribution >= 4 is 68.4 Å². The molecule has 4 N–H and O–H groups in total. The van der Waals surface area contributed by atoms with E-state index in [2.05, 4.69) is 69.6 Å². The number of aromatic amines is 1. The maximum absolute atomic E-state index is 14.3. The number of anilines is 3. The van der Waals surface area contributed by atoms with Crippen molar-refractivity contribution in [2.45, 2.75) is 12.3 Å². The predicted octanol–water partition coefficient (Wildman–Crippen LogP) is 5.38. The molecule has 1 aliphatic heterocycles. The van der Waals surface area contributed by atoms with E-state index in [1.54, 1.807) is 24.5 Å². The summed E-state index contributed by atoms with van der Waals surface area (Å²) in [5, 5.41) is 6.27. The summed E-state index contributed by atoms with van der Waals surface area (Å²) >= 11 is 4.39. The van der Waals surface area contributed by atoms with Crippen LogP contribution in [-0.2, 0) is 0 Å². The number of benzene rings is 1. The van der Waals surface area contributed by atoms with Crippen LogP contribution in [0.1, 0.15) is 28.4 Å². The molecule has 2 aromatic heterocycles. The number of ether oxygens (including phenoxy) is 1. The van der Waals surface area contributed by atoms with E-state index in [1.807, 2.05) is 6.07 Å². The van der Waals surface area contributed by atoms with Crippen LogP contribution >= 0.6 is 45.5 Å². The third-order valence-corrected chi connectivity index (χ3v) is 6.46. The van der Waals surface area contributed by atoms with E-state index in [4.69, 9.17) is 4.74 Å². The van der Waals surface area contributed by atoms with Gasteiger partial charge in [-0.1, -0.05) is 28.7 Å². The molecule has 0 fully saturated rings. The number of carbonyl (C=O) groups is 1. The van der Waals surface area contributed by atoms with Crippen LogP contribution in [0.15, 0.2) is 36.7 Å². The van der Waals surface area contributed by atoms with Gasteiger partial charge in [-0.2, -0.15) is 0 Å². The molecule has 0 spiro atoms. The largest absolute Gasteiger partial charge is 0.492 e. The number of amides is 1. The number of hydrogen-bond donors (Lipinski definition) is 4. The summed E-state index contributed by atoms with van der Waals surface area (Å²) in [6.07, 6.45) is 4.34. The van der Waals surface area contributed by atoms with Crippen LogP contribution < -0.4 is 18.9 Å². The number of H-pyrrole nitrogens is 1. The number of nitrogens with one attached hydrogen (secondary N) is 4. The lowest BCUT2D eigenvalue weighted by Crippen LogP contribution is -2.35. The van der Waals surface area contributed by atoms with Gasteiger partial charge in [0.25, 0.3) is 5.91 Å². The highest BCUT2D eigenvalue weighted by Crippen LogP contribution is 2.43. The highest BCUT2D eigenvalue weighted by molar-refractivity contribution is 14.1. The summed E-state index contributed by atoms with van der Waals surface area (Å²) in [6, 6.07) is 6.53. The summed E-state index contributed by atoms with van der Waals surface area (Å²) in [5.74, 6) is -0.404. The van der Waals surface area contributed by atoms with Crippen molar-refractivity contribution in [2.24, 2.45) is 0 Å². The third kappa shape index (κ3) is 4.19. The number of methoxy groups -OCH3 is 1. The number of aromatic nitrogens is 2. The molecule has 3 heterocycles. The summed E-state index contributed by atoms with van der Waals surface area (Å²) in [7, 11) is 1.42. The smallest absolute Gasteiger partial charge is 0.255 e. The third-order valence-electron chi connectivity index (χ3n) is 5.25. The predicted molar refractivity (Wildman–Crippen MR) is 136 cm³/mol. The van der Waals surface area contributed by atoms with Gasteiger partial charge in [0.2, 0.25) is 0 Å². The average Bonchev–Trinajstić information content (AvgIpc) is 3.16. The van der Waals surface area contributed by atoms with Gasteiger partial charge >= 0.3 is 0 Å². The van der Waals surface area contributed by atoms with Crippen LogP contribution in [-0.4, -0.2) is 34.0 Å². The van der Waals surface area contributed by atoms with Crippen molar-refractivity contribution in [3.05, 3.63) is 53.7 Å². The summed E-state index contributed by atoms with van der Waals surface area (Å²) in [4.78, 5) is 20.6. The summed E-state index contributed by atoms with van der Waals surface area (Å²) in [5.41, 5.74) is 4.80. The van der Waals surface area contributed by atoms with Crippen molar-refractivity contribution in [3.8, 4) is 17.0 Å². The number of alkyl halides is 1. The highest BCUT2D eigenvalue weighted by atomic mass is 127. The fourth-order valence-corrected chi connectivity index (χ4v) is 4.99. The van der Waals surface area contributed by atoms with E-state index in [-0.39, 0.29) is 17.6 Å². The average molecular weight is 647 g/mol. The van der Waals surface area contributed by atoms with Crippen molar-refractivity contribution < 1.29 is 13.9 Å². The number of hydrogen-bond acceptors (Lipinski definition) is 5. The molecule has 0 bridgehead atoms. The molecule has 0 saturated heterocycles. The van der Waals surface area contributed by atoms with Crippen LogP contribution in [0.3, 0.4) is 0 Å². The van der Waals surface area contributed by atoms with E-state index in [1.165, 1.54) is 13.2 Å². The van der Waals surface area contributed by atoms with E-state index >= 15 is 0 Å². The number of fused-ring (bicyclic) bond motifs is 1. The lowest BCUT2D eigenvalue weighted by molar-refractivity contribution is 0.0940. The summed E-state index contributed by atoms with van der Waals surface area (Å²) < 4.78 is 23.7. The molecule has 31 heavy (non-hydrogen) atoms. The van der Waals surface area contributed by atoms with Crippen LogP contribution in [0.5, 0.6) is 5.75 Å². The molecule has 0 unspecified atom stereocenters. The Balaban J connectivity index is 1.94. The second-order valence-electron chi connectivity index (χ2n) is 7.01. The number of pyridine rings is 1. The SMILES string of the molecule is COc1c(F)cccc1Nc1c(-c2ccncc2NI)[nH]c2c1C(=O)NC[C@@H]2CCI. The first-order chi connectivity index (χ1) is 15.1. The standard InChI is InChI=1S/C21H20FI2N5O2/c1-31-20-13(22)3-2-4-14(20)27-19-16-17(11(5-7-23)9-26-21(16)30)28-18(19)12-6-8-25-10-15(12)29-24/h2-4,6,8,10-11,27-29H,5,7,9H2,1H3,(H,26,30)/t11-/m0/s1. The van der Waals surface area contributed by atoms with Gasteiger partial charge in [-0.15, -0.1) is 0 Å². The minimum absolute atomic E-state index is 0.0883. The molecule has 1 aliphatic rings. The molecule has 0 aliphatic carbocycles. The molecular weight excluding hydrogens is 627 g/mol. The van der Waals surface area contributed by atoms with Gasteiger partial charge in [0.05, 0.1) is 64.5 Å². The molecule has 0 radical (unpaired) electrons. The molecule has 162 valence electrons. The first kappa shape index (κ1) is 22.1. The molecule has 7 nitrogen and oxygen atoms in total. The molecule has 1 atom stereocenters. The van der Waals surface area contributed by atoms with Crippen molar-refractivity contribution in [1.29, 1.82) is 0 Å². The van der Waals surface area contributed by atoms with E-state index in [9.17, 15) is 9.18 Å². The second kappa shape index (κ2) is 9.59. The molecule has 1 amide bonds. The Morgan fingerprint density at radius 3 is 2.90 bits per heavy atom. The zero-order valence-electron chi connectivity index (χ0n) is 16.6. The highest BCUT2D eigenvalue weighted by Gasteiger charge is 2.33. The number of carbonyl (C=O) groups excluding carboxylic acids is 1. The maximum atomic E-state index is 14.3. The van der Waals surface area contributed by atoms with E-state index in [0.717, 1.165) is 33.5 Å².